The van der Waals surface area contributed by atoms with E-state index in [-0.39, 0.29) is 17.3 Å². The van der Waals surface area contributed by atoms with Gasteiger partial charge in [0, 0.05) is 12.6 Å². The number of carbonyl (C=O) groups is 2. The molecular formula is C12H16N2O3. The van der Waals surface area contributed by atoms with Gasteiger partial charge in [0.05, 0.1) is 5.56 Å². The minimum Gasteiger partial charge on any atom is -0.478 e. The molecule has 1 unspecified atom stereocenters. The second-order valence-electron chi connectivity index (χ2n) is 4.00. The number of carboxylic acids is 1. The molecule has 0 aliphatic rings. The first-order valence-corrected chi connectivity index (χ1v) is 5.52. The van der Waals surface area contributed by atoms with Crippen LogP contribution in [0.3, 0.4) is 0 Å². The molecule has 0 radical (unpaired) electrons. The molecule has 1 atom stereocenters. The maximum atomic E-state index is 11.6. The number of carboxylic acid groups (broad SMARTS) is 1. The fourth-order valence-corrected chi connectivity index (χ4v) is 1.29. The Balaban J connectivity index is 2.65. The Morgan fingerprint density at radius 3 is 2.82 bits per heavy atom. The van der Waals surface area contributed by atoms with Crippen molar-refractivity contribution in [2.45, 2.75) is 26.7 Å². The summed E-state index contributed by atoms with van der Waals surface area (Å²) in [5, 5.41) is 11.4. The van der Waals surface area contributed by atoms with Crippen molar-refractivity contribution in [3.8, 4) is 0 Å². The number of anilines is 1. The van der Waals surface area contributed by atoms with Crippen LogP contribution in [0.15, 0.2) is 18.3 Å². The monoisotopic (exact) mass is 236 g/mol. The lowest BCUT2D eigenvalue weighted by molar-refractivity contribution is -0.117. The third kappa shape index (κ3) is 4.22. The minimum absolute atomic E-state index is 0.110. The van der Waals surface area contributed by atoms with Crippen molar-refractivity contribution >= 4 is 17.7 Å². The van der Waals surface area contributed by atoms with Crippen LogP contribution in [0.25, 0.3) is 0 Å². The van der Waals surface area contributed by atoms with E-state index in [0.717, 1.165) is 6.42 Å². The molecular weight excluding hydrogens is 220 g/mol. The van der Waals surface area contributed by atoms with Crippen LogP contribution in [-0.2, 0) is 4.79 Å². The lowest BCUT2D eigenvalue weighted by Gasteiger charge is -2.08. The Morgan fingerprint density at radius 2 is 2.24 bits per heavy atom. The van der Waals surface area contributed by atoms with Gasteiger partial charge in [-0.05, 0) is 18.1 Å². The molecule has 2 N–H and O–H groups in total. The lowest BCUT2D eigenvalue weighted by Crippen LogP contribution is -2.16. The predicted octanol–water partition coefficient (Wildman–Crippen LogP) is 2.15. The van der Waals surface area contributed by atoms with Gasteiger partial charge < -0.3 is 10.4 Å². The molecule has 0 aliphatic heterocycles. The average Bonchev–Trinajstić information content (AvgIpc) is 2.28. The van der Waals surface area contributed by atoms with E-state index in [1.54, 1.807) is 0 Å². The van der Waals surface area contributed by atoms with Gasteiger partial charge >= 0.3 is 5.97 Å². The van der Waals surface area contributed by atoms with Crippen LogP contribution in [0.4, 0.5) is 5.82 Å². The van der Waals surface area contributed by atoms with Crippen molar-refractivity contribution in [2.24, 2.45) is 5.92 Å². The van der Waals surface area contributed by atoms with E-state index in [1.807, 2.05) is 13.8 Å². The van der Waals surface area contributed by atoms with Gasteiger partial charge in [0.1, 0.15) is 5.82 Å². The van der Waals surface area contributed by atoms with Crippen molar-refractivity contribution < 1.29 is 14.7 Å². The summed E-state index contributed by atoms with van der Waals surface area (Å²) in [6.07, 6.45) is 2.70. The molecule has 0 aromatic carbocycles. The summed E-state index contributed by atoms with van der Waals surface area (Å²) in [6.45, 7) is 4.00. The van der Waals surface area contributed by atoms with E-state index >= 15 is 0 Å². The maximum absolute atomic E-state index is 11.6. The molecule has 0 saturated heterocycles. The molecule has 0 fully saturated rings. The smallest absolute Gasteiger partial charge is 0.335 e. The summed E-state index contributed by atoms with van der Waals surface area (Å²) < 4.78 is 0. The van der Waals surface area contributed by atoms with E-state index in [0.29, 0.717) is 12.3 Å². The van der Waals surface area contributed by atoms with E-state index in [1.165, 1.54) is 18.3 Å². The third-order valence-corrected chi connectivity index (χ3v) is 2.51. The maximum Gasteiger partial charge on any atom is 0.335 e. The van der Waals surface area contributed by atoms with Crippen LogP contribution in [0.1, 0.15) is 37.0 Å². The molecule has 0 saturated carbocycles. The minimum atomic E-state index is -1.04. The van der Waals surface area contributed by atoms with Gasteiger partial charge in [0.25, 0.3) is 0 Å². The summed E-state index contributed by atoms with van der Waals surface area (Å²) in [4.78, 5) is 26.2. The molecule has 1 rings (SSSR count). The van der Waals surface area contributed by atoms with Gasteiger partial charge in [-0.3, -0.25) is 4.79 Å². The molecule has 1 aromatic rings. The summed E-state index contributed by atoms with van der Waals surface area (Å²) in [7, 11) is 0. The zero-order valence-electron chi connectivity index (χ0n) is 9.93. The zero-order valence-corrected chi connectivity index (χ0v) is 9.93. The largest absolute Gasteiger partial charge is 0.478 e. The van der Waals surface area contributed by atoms with E-state index < -0.39 is 5.97 Å². The quantitative estimate of drug-likeness (QED) is 0.821. The Kier molecular flexibility index (Phi) is 4.63. The Bertz CT molecular complexity index is 418. The highest BCUT2D eigenvalue weighted by molar-refractivity contribution is 5.92. The number of amides is 1. The first kappa shape index (κ1) is 13.2. The molecule has 5 heteroatoms. The SMILES string of the molecule is CCC(C)CC(=O)Nc1cc(C(=O)O)ccn1. The van der Waals surface area contributed by atoms with Crippen LogP contribution in [-0.4, -0.2) is 22.0 Å². The van der Waals surface area contributed by atoms with Crippen molar-refractivity contribution in [1.29, 1.82) is 0 Å². The summed E-state index contributed by atoms with van der Waals surface area (Å²) >= 11 is 0. The topological polar surface area (TPSA) is 79.3 Å². The highest BCUT2D eigenvalue weighted by Crippen LogP contribution is 2.10. The first-order valence-electron chi connectivity index (χ1n) is 5.52. The average molecular weight is 236 g/mol. The number of hydrogen-bond donors (Lipinski definition) is 2. The van der Waals surface area contributed by atoms with Crippen LogP contribution in [0.5, 0.6) is 0 Å². The molecule has 0 spiro atoms. The van der Waals surface area contributed by atoms with Crippen molar-refractivity contribution in [3.63, 3.8) is 0 Å². The predicted molar refractivity (Wildman–Crippen MR) is 63.9 cm³/mol. The number of carbonyl (C=O) groups excluding carboxylic acids is 1. The Hall–Kier alpha value is -1.91. The molecule has 0 aliphatic carbocycles. The number of nitrogens with zero attached hydrogens (tertiary/aromatic N) is 1. The Labute approximate surface area is 99.9 Å². The Morgan fingerprint density at radius 1 is 1.53 bits per heavy atom. The van der Waals surface area contributed by atoms with Gasteiger partial charge in [-0.1, -0.05) is 20.3 Å². The first-order chi connectivity index (χ1) is 8.02. The van der Waals surface area contributed by atoms with E-state index in [2.05, 4.69) is 10.3 Å². The van der Waals surface area contributed by atoms with Gasteiger partial charge in [-0.15, -0.1) is 0 Å². The zero-order chi connectivity index (χ0) is 12.8. The third-order valence-electron chi connectivity index (χ3n) is 2.51. The van der Waals surface area contributed by atoms with Crippen molar-refractivity contribution in [1.82, 2.24) is 4.98 Å². The standard InChI is InChI=1S/C12H16N2O3/c1-3-8(2)6-11(15)14-10-7-9(12(16)17)4-5-13-10/h4-5,7-8H,3,6H2,1-2H3,(H,16,17)(H,13,14,15). The summed E-state index contributed by atoms with van der Waals surface area (Å²) in [6, 6.07) is 2.73. The number of aromatic nitrogens is 1. The molecule has 1 aromatic heterocycles. The van der Waals surface area contributed by atoms with Crippen molar-refractivity contribution in [2.75, 3.05) is 5.32 Å². The second kappa shape index (κ2) is 5.98. The molecule has 0 bridgehead atoms. The van der Waals surface area contributed by atoms with E-state index in [4.69, 9.17) is 5.11 Å². The fraction of sp³-hybridized carbons (Fsp3) is 0.417. The summed E-state index contributed by atoms with van der Waals surface area (Å²) in [5.41, 5.74) is 0.110. The molecule has 5 nitrogen and oxygen atoms in total. The van der Waals surface area contributed by atoms with Gasteiger partial charge in [0.2, 0.25) is 5.91 Å². The highest BCUT2D eigenvalue weighted by Gasteiger charge is 2.09. The fourth-order valence-electron chi connectivity index (χ4n) is 1.29. The number of hydrogen-bond acceptors (Lipinski definition) is 3. The second-order valence-corrected chi connectivity index (χ2v) is 4.00. The van der Waals surface area contributed by atoms with E-state index in [9.17, 15) is 9.59 Å². The molecule has 17 heavy (non-hydrogen) atoms. The van der Waals surface area contributed by atoms with Crippen LogP contribution < -0.4 is 5.32 Å². The molecule has 1 heterocycles. The van der Waals surface area contributed by atoms with Gasteiger partial charge in [-0.25, -0.2) is 9.78 Å². The number of pyridine rings is 1. The van der Waals surface area contributed by atoms with Gasteiger partial charge in [0.15, 0.2) is 0 Å². The lowest BCUT2D eigenvalue weighted by atomic mass is 10.1. The highest BCUT2D eigenvalue weighted by atomic mass is 16.4. The normalized spacial score (nSPS) is 11.9. The molecule has 92 valence electrons. The van der Waals surface area contributed by atoms with Crippen LogP contribution >= 0.6 is 0 Å². The number of rotatable bonds is 5. The summed E-state index contributed by atoms with van der Waals surface area (Å²) in [5.74, 6) is -0.602. The van der Waals surface area contributed by atoms with Crippen molar-refractivity contribution in [3.05, 3.63) is 23.9 Å². The molecule has 1 amide bonds. The van der Waals surface area contributed by atoms with Gasteiger partial charge in [-0.2, -0.15) is 0 Å². The van der Waals surface area contributed by atoms with Crippen LogP contribution in [0.2, 0.25) is 0 Å². The number of aromatic carboxylic acids is 1. The number of nitrogens with one attached hydrogen (secondary N) is 1. The van der Waals surface area contributed by atoms with Crippen LogP contribution in [0, 0.1) is 5.92 Å².